The van der Waals surface area contributed by atoms with Gasteiger partial charge < -0.3 is 10.2 Å². The molecular formula is C15H26N2O2. The Morgan fingerprint density at radius 2 is 1.84 bits per heavy atom. The lowest BCUT2D eigenvalue weighted by Gasteiger charge is -2.26. The summed E-state index contributed by atoms with van der Waals surface area (Å²) in [5, 5.41) is 2.95. The zero-order valence-corrected chi connectivity index (χ0v) is 12.2. The van der Waals surface area contributed by atoms with Crippen LogP contribution in [0.2, 0.25) is 0 Å². The van der Waals surface area contributed by atoms with E-state index >= 15 is 0 Å². The topological polar surface area (TPSA) is 49.4 Å². The molecule has 2 rings (SSSR count). The lowest BCUT2D eigenvalue weighted by molar-refractivity contribution is -0.135. The van der Waals surface area contributed by atoms with E-state index in [1.54, 1.807) is 0 Å². The molecule has 1 aliphatic heterocycles. The molecule has 0 radical (unpaired) electrons. The highest BCUT2D eigenvalue weighted by atomic mass is 16.2. The predicted molar refractivity (Wildman–Crippen MR) is 74.5 cm³/mol. The van der Waals surface area contributed by atoms with Crippen LogP contribution in [0.1, 0.15) is 46.0 Å². The van der Waals surface area contributed by atoms with E-state index < -0.39 is 0 Å². The van der Waals surface area contributed by atoms with Crippen molar-refractivity contribution in [3.63, 3.8) is 0 Å². The van der Waals surface area contributed by atoms with Crippen molar-refractivity contribution in [2.24, 2.45) is 17.8 Å². The molecule has 4 heteroatoms. The van der Waals surface area contributed by atoms with Gasteiger partial charge in [0.05, 0.1) is 11.8 Å². The summed E-state index contributed by atoms with van der Waals surface area (Å²) >= 11 is 0. The van der Waals surface area contributed by atoms with Crippen LogP contribution in [0.25, 0.3) is 0 Å². The minimum atomic E-state index is -0.0541. The van der Waals surface area contributed by atoms with Gasteiger partial charge in [0.15, 0.2) is 0 Å². The first-order valence-corrected chi connectivity index (χ1v) is 7.66. The van der Waals surface area contributed by atoms with Crippen molar-refractivity contribution in [3.05, 3.63) is 0 Å². The third-order valence-corrected chi connectivity index (χ3v) is 4.13. The lowest BCUT2D eigenvalue weighted by atomic mass is 10.1. The summed E-state index contributed by atoms with van der Waals surface area (Å²) in [5.41, 5.74) is 0. The summed E-state index contributed by atoms with van der Waals surface area (Å²) in [6.07, 6.45) is 5.22. The summed E-state index contributed by atoms with van der Waals surface area (Å²) in [6.45, 7) is 6.80. The van der Waals surface area contributed by atoms with Gasteiger partial charge in [0, 0.05) is 19.6 Å². The number of piperidine rings is 1. The largest absolute Gasteiger partial charge is 0.356 e. The van der Waals surface area contributed by atoms with Crippen LogP contribution in [0.4, 0.5) is 0 Å². The molecule has 1 saturated carbocycles. The highest BCUT2D eigenvalue weighted by molar-refractivity contribution is 5.92. The monoisotopic (exact) mass is 266 g/mol. The molecule has 2 fully saturated rings. The summed E-state index contributed by atoms with van der Waals surface area (Å²) < 4.78 is 0. The summed E-state index contributed by atoms with van der Waals surface area (Å²) in [4.78, 5) is 26.1. The minimum absolute atomic E-state index is 0.0304. The predicted octanol–water partition coefficient (Wildman–Crippen LogP) is 1.80. The molecule has 0 bridgehead atoms. The molecule has 19 heavy (non-hydrogen) atoms. The quantitative estimate of drug-likeness (QED) is 0.825. The van der Waals surface area contributed by atoms with Crippen molar-refractivity contribution in [3.8, 4) is 0 Å². The van der Waals surface area contributed by atoms with Crippen LogP contribution in [-0.2, 0) is 9.59 Å². The van der Waals surface area contributed by atoms with E-state index in [9.17, 15) is 9.59 Å². The maximum atomic E-state index is 12.2. The molecule has 2 atom stereocenters. The number of nitrogens with zero attached hydrogens (tertiary/aromatic N) is 1. The molecule has 0 spiro atoms. The van der Waals surface area contributed by atoms with Crippen molar-refractivity contribution in [1.82, 2.24) is 10.2 Å². The standard InChI is InChI=1S/C15H26N2O2/c1-11(2)6-7-16-14(18)12-10-13(12)15(19)17-8-4-3-5-9-17/h11-13H,3-10H2,1-2H3,(H,16,18). The number of amides is 2. The van der Waals surface area contributed by atoms with Crippen LogP contribution in [0.3, 0.4) is 0 Å². The molecular weight excluding hydrogens is 240 g/mol. The number of likely N-dealkylation sites (tertiary alicyclic amines) is 1. The molecule has 4 nitrogen and oxygen atoms in total. The van der Waals surface area contributed by atoms with Gasteiger partial charge in [0.2, 0.25) is 11.8 Å². The fraction of sp³-hybridized carbons (Fsp3) is 0.867. The number of nitrogens with one attached hydrogen (secondary N) is 1. The van der Waals surface area contributed by atoms with E-state index in [0.29, 0.717) is 5.92 Å². The number of hydrogen-bond donors (Lipinski definition) is 1. The van der Waals surface area contributed by atoms with Gasteiger partial charge in [-0.15, -0.1) is 0 Å². The third-order valence-electron chi connectivity index (χ3n) is 4.13. The van der Waals surface area contributed by atoms with Gasteiger partial charge in [0.1, 0.15) is 0 Å². The highest BCUT2D eigenvalue weighted by Crippen LogP contribution is 2.40. The molecule has 0 aromatic heterocycles. The van der Waals surface area contributed by atoms with Crippen molar-refractivity contribution in [2.45, 2.75) is 46.0 Å². The second kappa shape index (κ2) is 6.40. The van der Waals surface area contributed by atoms with E-state index in [-0.39, 0.29) is 23.7 Å². The molecule has 2 unspecified atom stereocenters. The van der Waals surface area contributed by atoms with Gasteiger partial charge in [-0.3, -0.25) is 9.59 Å². The van der Waals surface area contributed by atoms with Crippen molar-refractivity contribution >= 4 is 11.8 Å². The Balaban J connectivity index is 1.70. The number of carbonyl (C=O) groups is 2. The van der Waals surface area contributed by atoms with Crippen LogP contribution < -0.4 is 5.32 Å². The van der Waals surface area contributed by atoms with Crippen molar-refractivity contribution < 1.29 is 9.59 Å². The Bertz CT molecular complexity index is 335. The molecule has 1 N–H and O–H groups in total. The summed E-state index contributed by atoms with van der Waals surface area (Å²) in [6, 6.07) is 0. The molecule has 1 saturated heterocycles. The van der Waals surface area contributed by atoms with Gasteiger partial charge >= 0.3 is 0 Å². The Labute approximate surface area is 115 Å². The number of hydrogen-bond acceptors (Lipinski definition) is 2. The average Bonchev–Trinajstić information content (AvgIpc) is 3.18. The summed E-state index contributed by atoms with van der Waals surface area (Å²) in [7, 11) is 0. The van der Waals surface area contributed by atoms with Gasteiger partial charge in [-0.05, 0) is 38.0 Å². The van der Waals surface area contributed by atoms with Crippen LogP contribution in [0, 0.1) is 17.8 Å². The van der Waals surface area contributed by atoms with Gasteiger partial charge in [-0.25, -0.2) is 0 Å². The van der Waals surface area contributed by atoms with Gasteiger partial charge in [-0.2, -0.15) is 0 Å². The first-order valence-electron chi connectivity index (χ1n) is 7.66. The Morgan fingerprint density at radius 1 is 1.16 bits per heavy atom. The van der Waals surface area contributed by atoms with E-state index in [1.807, 2.05) is 4.90 Å². The normalized spacial score (nSPS) is 26.4. The van der Waals surface area contributed by atoms with Gasteiger partial charge in [0.25, 0.3) is 0 Å². The molecule has 2 aliphatic rings. The van der Waals surface area contributed by atoms with E-state index in [4.69, 9.17) is 0 Å². The first kappa shape index (κ1) is 14.4. The maximum Gasteiger partial charge on any atom is 0.226 e. The van der Waals surface area contributed by atoms with Crippen LogP contribution in [0.15, 0.2) is 0 Å². The molecule has 0 aromatic rings. The highest BCUT2D eigenvalue weighted by Gasteiger charge is 2.49. The first-order chi connectivity index (χ1) is 9.09. The van der Waals surface area contributed by atoms with E-state index in [0.717, 1.165) is 45.3 Å². The maximum absolute atomic E-state index is 12.2. The van der Waals surface area contributed by atoms with E-state index in [1.165, 1.54) is 6.42 Å². The van der Waals surface area contributed by atoms with Crippen LogP contribution in [-0.4, -0.2) is 36.3 Å². The molecule has 1 aliphatic carbocycles. The zero-order valence-electron chi connectivity index (χ0n) is 12.2. The second-order valence-corrected chi connectivity index (χ2v) is 6.31. The fourth-order valence-corrected chi connectivity index (χ4v) is 2.72. The van der Waals surface area contributed by atoms with Crippen molar-refractivity contribution in [2.75, 3.05) is 19.6 Å². The molecule has 1 heterocycles. The smallest absolute Gasteiger partial charge is 0.226 e. The SMILES string of the molecule is CC(C)CCNC(=O)C1CC1C(=O)N1CCCCC1. The molecule has 108 valence electrons. The Hall–Kier alpha value is -1.06. The van der Waals surface area contributed by atoms with E-state index in [2.05, 4.69) is 19.2 Å². The summed E-state index contributed by atoms with van der Waals surface area (Å²) in [5.74, 6) is 0.809. The van der Waals surface area contributed by atoms with Gasteiger partial charge in [-0.1, -0.05) is 13.8 Å². The fourth-order valence-electron chi connectivity index (χ4n) is 2.72. The average molecular weight is 266 g/mol. The Morgan fingerprint density at radius 3 is 2.47 bits per heavy atom. The van der Waals surface area contributed by atoms with Crippen molar-refractivity contribution in [1.29, 1.82) is 0 Å². The third kappa shape index (κ3) is 3.95. The molecule has 2 amide bonds. The molecule has 0 aromatic carbocycles. The van der Waals surface area contributed by atoms with Crippen LogP contribution in [0.5, 0.6) is 0 Å². The Kier molecular flexibility index (Phi) is 4.83. The number of carbonyl (C=O) groups excluding carboxylic acids is 2. The number of rotatable bonds is 5. The minimum Gasteiger partial charge on any atom is -0.356 e. The zero-order chi connectivity index (χ0) is 13.8. The van der Waals surface area contributed by atoms with Crippen LogP contribution >= 0.6 is 0 Å². The lowest BCUT2D eigenvalue weighted by Crippen LogP contribution is -2.38. The second-order valence-electron chi connectivity index (χ2n) is 6.31.